The fourth-order valence-corrected chi connectivity index (χ4v) is 6.88. The summed E-state index contributed by atoms with van der Waals surface area (Å²) in [5.41, 5.74) is 7.59. The van der Waals surface area contributed by atoms with Crippen molar-refractivity contribution >= 4 is 11.9 Å². The lowest BCUT2D eigenvalue weighted by molar-refractivity contribution is 0.0955. The lowest BCUT2D eigenvalue weighted by Gasteiger charge is -2.49. The lowest BCUT2D eigenvalue weighted by Crippen LogP contribution is -2.42. The Hall–Kier alpha value is -2.43. The maximum absolute atomic E-state index is 9.89. The molecule has 2 aromatic rings. The molecule has 2 saturated carbocycles. The molecule has 1 aromatic carbocycles. The number of phenols is 1. The van der Waals surface area contributed by atoms with Crippen LogP contribution in [0.1, 0.15) is 79.9 Å². The van der Waals surface area contributed by atoms with Gasteiger partial charge < -0.3 is 5.11 Å². The van der Waals surface area contributed by atoms with Gasteiger partial charge in [-0.3, -0.25) is 4.68 Å². The zero-order valence-electron chi connectivity index (χ0n) is 19.2. The van der Waals surface area contributed by atoms with E-state index in [4.69, 9.17) is 5.10 Å². The summed E-state index contributed by atoms with van der Waals surface area (Å²) in [7, 11) is 0. The molecule has 0 saturated heterocycles. The maximum Gasteiger partial charge on any atom is 0.115 e. The minimum Gasteiger partial charge on any atom is -0.508 e. The van der Waals surface area contributed by atoms with E-state index >= 15 is 0 Å². The van der Waals surface area contributed by atoms with E-state index in [1.54, 1.807) is 0 Å². The van der Waals surface area contributed by atoms with Crippen molar-refractivity contribution in [1.29, 1.82) is 0 Å². The standard InChI is InChI=1S/C26H34N4O/c1-5-30-17(3)23(16(2)29-30)15-27-28-25-11-10-24-22-8-6-18-14-19(31)7-9-20(18)21(22)12-13-26(24,25)4/h7,9,14-15,21-22,24,31H,5-6,8,10-13H2,1-4H3/b27-15-,28-25-/t21-,22-,24+,26+/m0/s1. The molecule has 5 heteroatoms. The van der Waals surface area contributed by atoms with Crippen LogP contribution < -0.4 is 0 Å². The number of aromatic nitrogens is 2. The van der Waals surface area contributed by atoms with Crippen molar-refractivity contribution in [3.8, 4) is 5.75 Å². The van der Waals surface area contributed by atoms with Crippen LogP contribution in [0.15, 0.2) is 28.4 Å². The van der Waals surface area contributed by atoms with Gasteiger partial charge in [-0.2, -0.15) is 15.3 Å². The van der Waals surface area contributed by atoms with Gasteiger partial charge in [0.2, 0.25) is 0 Å². The molecule has 0 aliphatic heterocycles. The third kappa shape index (κ3) is 3.24. The Kier molecular flexibility index (Phi) is 5.03. The van der Waals surface area contributed by atoms with Crippen molar-refractivity contribution in [2.75, 3.05) is 0 Å². The Morgan fingerprint density at radius 3 is 2.84 bits per heavy atom. The van der Waals surface area contributed by atoms with Crippen molar-refractivity contribution in [3.63, 3.8) is 0 Å². The maximum atomic E-state index is 9.89. The molecule has 31 heavy (non-hydrogen) atoms. The van der Waals surface area contributed by atoms with Crippen molar-refractivity contribution in [1.82, 2.24) is 9.78 Å². The molecule has 0 spiro atoms. The summed E-state index contributed by atoms with van der Waals surface area (Å²) in [6, 6.07) is 6.04. The van der Waals surface area contributed by atoms with Crippen LogP contribution in [0.4, 0.5) is 0 Å². The summed E-state index contributed by atoms with van der Waals surface area (Å²) in [5.74, 6) is 2.45. The Morgan fingerprint density at radius 1 is 1.23 bits per heavy atom. The number of aryl methyl sites for hydroxylation is 3. The molecule has 3 aliphatic rings. The van der Waals surface area contributed by atoms with E-state index in [-0.39, 0.29) is 5.41 Å². The van der Waals surface area contributed by atoms with Crippen molar-refractivity contribution in [2.24, 2.45) is 27.5 Å². The average molecular weight is 419 g/mol. The molecule has 4 atom stereocenters. The molecule has 2 fully saturated rings. The number of nitrogens with zero attached hydrogens (tertiary/aromatic N) is 4. The first-order valence-corrected chi connectivity index (χ1v) is 11.9. The van der Waals surface area contributed by atoms with Crippen molar-refractivity contribution in [3.05, 3.63) is 46.3 Å². The van der Waals surface area contributed by atoms with E-state index < -0.39 is 0 Å². The van der Waals surface area contributed by atoms with Crippen LogP contribution in [0.3, 0.4) is 0 Å². The number of rotatable bonds is 3. The molecule has 5 rings (SSSR count). The normalized spacial score (nSPS) is 31.1. The number of aromatic hydroxyl groups is 1. The fourth-order valence-electron chi connectivity index (χ4n) is 6.88. The van der Waals surface area contributed by atoms with Crippen LogP contribution in [0.5, 0.6) is 5.75 Å². The van der Waals surface area contributed by atoms with E-state index in [0.717, 1.165) is 42.3 Å². The molecule has 1 aromatic heterocycles. The number of hydrogen-bond donors (Lipinski definition) is 1. The van der Waals surface area contributed by atoms with Gasteiger partial charge in [-0.1, -0.05) is 13.0 Å². The van der Waals surface area contributed by atoms with Crippen LogP contribution in [0.2, 0.25) is 0 Å². The van der Waals surface area contributed by atoms with Gasteiger partial charge >= 0.3 is 0 Å². The zero-order chi connectivity index (χ0) is 21.8. The Labute approximate surface area is 185 Å². The molecule has 0 radical (unpaired) electrons. The Balaban J connectivity index is 1.38. The molecule has 0 amide bonds. The molecule has 0 bridgehead atoms. The molecular weight excluding hydrogens is 384 g/mol. The molecule has 164 valence electrons. The number of phenolic OH excluding ortho intramolecular Hbond substituents is 1. The van der Waals surface area contributed by atoms with Crippen LogP contribution in [-0.2, 0) is 13.0 Å². The summed E-state index contributed by atoms with van der Waals surface area (Å²) in [6.45, 7) is 9.57. The second kappa shape index (κ2) is 7.61. The van der Waals surface area contributed by atoms with Gasteiger partial charge in [0.25, 0.3) is 0 Å². The quantitative estimate of drug-likeness (QED) is 0.524. The first-order valence-electron chi connectivity index (χ1n) is 11.9. The van der Waals surface area contributed by atoms with Gasteiger partial charge in [0.15, 0.2) is 0 Å². The molecular formula is C26H34N4O. The predicted molar refractivity (Wildman–Crippen MR) is 125 cm³/mol. The van der Waals surface area contributed by atoms with E-state index in [9.17, 15) is 5.11 Å². The number of benzene rings is 1. The van der Waals surface area contributed by atoms with Crippen LogP contribution in [0.25, 0.3) is 0 Å². The largest absolute Gasteiger partial charge is 0.508 e. The Bertz CT molecular complexity index is 1070. The summed E-state index contributed by atoms with van der Waals surface area (Å²) in [6.07, 6.45) is 8.90. The lowest BCUT2D eigenvalue weighted by atomic mass is 9.55. The van der Waals surface area contributed by atoms with E-state index in [1.807, 2.05) is 30.0 Å². The van der Waals surface area contributed by atoms with Gasteiger partial charge in [0, 0.05) is 28.9 Å². The highest BCUT2D eigenvalue weighted by Crippen LogP contribution is 2.60. The zero-order valence-corrected chi connectivity index (χ0v) is 19.2. The molecule has 1 heterocycles. The SMILES string of the molecule is CCn1nc(C)c(/C=N\N=C2\CC[C@@H]3[C@H]4CCc5cc(O)ccc5[C@@H]4CC[C@@]23C)c1C. The minimum atomic E-state index is 0.171. The highest BCUT2D eigenvalue weighted by atomic mass is 16.3. The minimum absolute atomic E-state index is 0.171. The first kappa shape index (κ1) is 20.5. The van der Waals surface area contributed by atoms with Crippen LogP contribution in [-0.4, -0.2) is 26.8 Å². The highest BCUT2D eigenvalue weighted by molar-refractivity contribution is 5.93. The van der Waals surface area contributed by atoms with Gasteiger partial charge in [-0.25, -0.2) is 0 Å². The highest BCUT2D eigenvalue weighted by Gasteiger charge is 2.53. The molecule has 1 N–H and O–H groups in total. The van der Waals surface area contributed by atoms with E-state index in [1.165, 1.54) is 42.5 Å². The van der Waals surface area contributed by atoms with E-state index in [0.29, 0.717) is 17.6 Å². The predicted octanol–water partition coefficient (Wildman–Crippen LogP) is 5.56. The molecule has 3 aliphatic carbocycles. The second-order valence-electron chi connectivity index (χ2n) is 9.98. The monoisotopic (exact) mass is 418 g/mol. The van der Waals surface area contributed by atoms with Crippen LogP contribution in [0, 0.1) is 31.1 Å². The van der Waals surface area contributed by atoms with E-state index in [2.05, 4.69) is 37.0 Å². The van der Waals surface area contributed by atoms with Crippen molar-refractivity contribution in [2.45, 2.75) is 78.7 Å². The summed E-state index contributed by atoms with van der Waals surface area (Å²) in [4.78, 5) is 0. The fraction of sp³-hybridized carbons (Fsp3) is 0.577. The van der Waals surface area contributed by atoms with Crippen molar-refractivity contribution < 1.29 is 5.11 Å². The topological polar surface area (TPSA) is 62.8 Å². The Morgan fingerprint density at radius 2 is 2.06 bits per heavy atom. The summed E-state index contributed by atoms with van der Waals surface area (Å²) in [5, 5.41) is 23.8. The summed E-state index contributed by atoms with van der Waals surface area (Å²) >= 11 is 0. The molecule has 0 unspecified atom stereocenters. The van der Waals surface area contributed by atoms with Crippen LogP contribution >= 0.6 is 0 Å². The number of fused-ring (bicyclic) bond motifs is 5. The molecule has 5 nitrogen and oxygen atoms in total. The van der Waals surface area contributed by atoms with Gasteiger partial charge in [0.05, 0.1) is 11.9 Å². The van der Waals surface area contributed by atoms with Gasteiger partial charge in [0.1, 0.15) is 5.75 Å². The average Bonchev–Trinajstić information content (AvgIpc) is 3.23. The third-order valence-corrected chi connectivity index (χ3v) is 8.55. The smallest absolute Gasteiger partial charge is 0.115 e. The number of hydrogen-bond acceptors (Lipinski definition) is 4. The van der Waals surface area contributed by atoms with Gasteiger partial charge in [-0.15, -0.1) is 0 Å². The first-order chi connectivity index (χ1) is 14.9. The third-order valence-electron chi connectivity index (χ3n) is 8.55. The van der Waals surface area contributed by atoms with Gasteiger partial charge in [-0.05, 0) is 100 Å². The second-order valence-corrected chi connectivity index (χ2v) is 9.98. The summed E-state index contributed by atoms with van der Waals surface area (Å²) < 4.78 is 2.03.